The predicted octanol–water partition coefficient (Wildman–Crippen LogP) is 2.90. The van der Waals surface area contributed by atoms with Crippen molar-refractivity contribution < 1.29 is 4.74 Å². The second-order valence-corrected chi connectivity index (χ2v) is 3.05. The van der Waals surface area contributed by atoms with E-state index in [1.807, 2.05) is 36.4 Å². The Hall–Kier alpha value is -1.15. The molecule has 0 bridgehead atoms. The highest BCUT2D eigenvalue weighted by atomic mass is 35.5. The Morgan fingerprint density at radius 3 is 3.00 bits per heavy atom. The van der Waals surface area contributed by atoms with Crippen molar-refractivity contribution in [1.29, 1.82) is 0 Å². The number of hydrogen-bond acceptors (Lipinski definition) is 2. The molecule has 0 aliphatic heterocycles. The van der Waals surface area contributed by atoms with E-state index in [9.17, 15) is 0 Å². The molecule has 0 fully saturated rings. The number of benzene rings is 1. The van der Waals surface area contributed by atoms with Crippen LogP contribution in [0, 0.1) is 0 Å². The van der Waals surface area contributed by atoms with E-state index >= 15 is 0 Å². The molecule has 76 valence electrons. The van der Waals surface area contributed by atoms with Gasteiger partial charge in [0.25, 0.3) is 0 Å². The Kier molecular flexibility index (Phi) is 4.94. The lowest BCUT2D eigenvalue weighted by molar-refractivity contribution is 0.415. The van der Waals surface area contributed by atoms with Crippen LogP contribution in [0.4, 0.5) is 5.69 Å². The lowest BCUT2D eigenvalue weighted by atomic mass is 10.3. The minimum absolute atomic E-state index is 0.555. The van der Waals surface area contributed by atoms with Crippen molar-refractivity contribution >= 4 is 17.3 Å². The van der Waals surface area contributed by atoms with Crippen LogP contribution in [0.15, 0.2) is 36.4 Å². The van der Waals surface area contributed by atoms with Crippen LogP contribution in [0.2, 0.25) is 0 Å². The molecular weight excluding hydrogens is 198 g/mol. The standard InChI is InChI=1S/C11H14ClNO/c1-14-11-6-4-5-10(9-11)13-8-3-2-7-12/h2-6,9,13H,7-8H2,1H3/b3-2+. The summed E-state index contributed by atoms with van der Waals surface area (Å²) in [7, 11) is 1.66. The smallest absolute Gasteiger partial charge is 0.120 e. The van der Waals surface area contributed by atoms with Gasteiger partial charge in [0.2, 0.25) is 0 Å². The maximum atomic E-state index is 5.50. The van der Waals surface area contributed by atoms with Crippen molar-refractivity contribution in [2.75, 3.05) is 24.9 Å². The van der Waals surface area contributed by atoms with E-state index in [1.54, 1.807) is 7.11 Å². The molecule has 0 aliphatic carbocycles. The number of nitrogens with one attached hydrogen (secondary N) is 1. The van der Waals surface area contributed by atoms with Crippen molar-refractivity contribution in [2.24, 2.45) is 0 Å². The molecular formula is C11H14ClNO. The fourth-order valence-corrected chi connectivity index (χ4v) is 1.18. The maximum absolute atomic E-state index is 5.50. The second-order valence-electron chi connectivity index (χ2n) is 2.74. The van der Waals surface area contributed by atoms with Crippen molar-refractivity contribution in [3.8, 4) is 5.75 Å². The van der Waals surface area contributed by atoms with E-state index in [-0.39, 0.29) is 0 Å². The van der Waals surface area contributed by atoms with Gasteiger partial charge in [-0.2, -0.15) is 0 Å². The molecule has 1 aromatic rings. The summed E-state index contributed by atoms with van der Waals surface area (Å²) in [6.07, 6.45) is 3.90. The molecule has 0 spiro atoms. The van der Waals surface area contributed by atoms with Crippen molar-refractivity contribution in [2.45, 2.75) is 0 Å². The highest BCUT2D eigenvalue weighted by Gasteiger charge is 1.92. The molecule has 1 aromatic carbocycles. The summed E-state index contributed by atoms with van der Waals surface area (Å²) in [6.45, 7) is 0.778. The summed E-state index contributed by atoms with van der Waals surface area (Å²) in [4.78, 5) is 0. The largest absolute Gasteiger partial charge is 0.497 e. The number of alkyl halides is 1. The maximum Gasteiger partial charge on any atom is 0.120 e. The zero-order valence-electron chi connectivity index (χ0n) is 8.16. The van der Waals surface area contributed by atoms with Gasteiger partial charge in [0.15, 0.2) is 0 Å². The van der Waals surface area contributed by atoms with E-state index in [0.717, 1.165) is 18.0 Å². The molecule has 1 rings (SSSR count). The van der Waals surface area contributed by atoms with Crippen LogP contribution in [-0.4, -0.2) is 19.5 Å². The summed E-state index contributed by atoms with van der Waals surface area (Å²) in [5, 5.41) is 3.23. The van der Waals surface area contributed by atoms with Gasteiger partial charge in [-0.05, 0) is 12.1 Å². The zero-order chi connectivity index (χ0) is 10.2. The highest BCUT2D eigenvalue weighted by Crippen LogP contribution is 2.16. The molecule has 0 saturated carbocycles. The van der Waals surface area contributed by atoms with E-state index in [1.165, 1.54) is 0 Å². The van der Waals surface area contributed by atoms with Crippen molar-refractivity contribution in [3.63, 3.8) is 0 Å². The SMILES string of the molecule is COc1cccc(NC/C=C/CCl)c1. The first-order valence-electron chi connectivity index (χ1n) is 4.45. The Bertz CT molecular complexity index is 299. The molecule has 0 radical (unpaired) electrons. The molecule has 0 atom stereocenters. The van der Waals surface area contributed by atoms with Gasteiger partial charge in [0, 0.05) is 24.2 Å². The predicted molar refractivity (Wildman–Crippen MR) is 61.3 cm³/mol. The average Bonchev–Trinajstić information content (AvgIpc) is 2.25. The molecule has 3 heteroatoms. The van der Waals surface area contributed by atoms with Gasteiger partial charge in [-0.15, -0.1) is 11.6 Å². The molecule has 0 saturated heterocycles. The monoisotopic (exact) mass is 211 g/mol. The number of ether oxygens (including phenoxy) is 1. The number of rotatable bonds is 5. The van der Waals surface area contributed by atoms with E-state index in [4.69, 9.17) is 16.3 Å². The number of hydrogen-bond donors (Lipinski definition) is 1. The summed E-state index contributed by atoms with van der Waals surface area (Å²) in [5.41, 5.74) is 1.04. The van der Waals surface area contributed by atoms with Gasteiger partial charge >= 0.3 is 0 Å². The van der Waals surface area contributed by atoms with Crippen LogP contribution in [0.3, 0.4) is 0 Å². The van der Waals surface area contributed by atoms with Gasteiger partial charge in [0.05, 0.1) is 7.11 Å². The highest BCUT2D eigenvalue weighted by molar-refractivity contribution is 6.18. The van der Waals surface area contributed by atoms with E-state index < -0.39 is 0 Å². The third-order valence-electron chi connectivity index (χ3n) is 1.75. The fourth-order valence-electron chi connectivity index (χ4n) is 1.06. The summed E-state index contributed by atoms with van der Waals surface area (Å²) in [5.74, 6) is 1.41. The van der Waals surface area contributed by atoms with Crippen molar-refractivity contribution in [1.82, 2.24) is 0 Å². The van der Waals surface area contributed by atoms with Crippen LogP contribution in [0.25, 0.3) is 0 Å². The van der Waals surface area contributed by atoms with Crippen LogP contribution in [0.1, 0.15) is 0 Å². The molecule has 0 unspecified atom stereocenters. The lowest BCUT2D eigenvalue weighted by Gasteiger charge is -2.05. The normalized spacial score (nSPS) is 10.4. The topological polar surface area (TPSA) is 21.3 Å². The van der Waals surface area contributed by atoms with Gasteiger partial charge < -0.3 is 10.1 Å². The third kappa shape index (κ3) is 3.71. The second kappa shape index (κ2) is 6.33. The summed E-state index contributed by atoms with van der Waals surface area (Å²) >= 11 is 5.50. The first-order valence-corrected chi connectivity index (χ1v) is 4.99. The first-order chi connectivity index (χ1) is 6.86. The Balaban J connectivity index is 2.46. The molecule has 0 aromatic heterocycles. The Morgan fingerprint density at radius 2 is 2.29 bits per heavy atom. The number of halogens is 1. The minimum atomic E-state index is 0.555. The van der Waals surface area contributed by atoms with Gasteiger partial charge in [0.1, 0.15) is 5.75 Å². The van der Waals surface area contributed by atoms with Crippen LogP contribution >= 0.6 is 11.6 Å². The third-order valence-corrected chi connectivity index (χ3v) is 1.93. The summed E-state index contributed by atoms with van der Waals surface area (Å²) in [6, 6.07) is 7.82. The molecule has 0 heterocycles. The lowest BCUT2D eigenvalue weighted by Crippen LogP contribution is -1.98. The molecule has 14 heavy (non-hydrogen) atoms. The minimum Gasteiger partial charge on any atom is -0.497 e. The Labute approximate surface area is 89.5 Å². The molecule has 0 aliphatic rings. The first kappa shape index (κ1) is 10.9. The Morgan fingerprint density at radius 1 is 1.43 bits per heavy atom. The van der Waals surface area contributed by atoms with Crippen LogP contribution in [-0.2, 0) is 0 Å². The quantitative estimate of drug-likeness (QED) is 0.598. The fraction of sp³-hybridized carbons (Fsp3) is 0.273. The molecule has 0 amide bonds. The van der Waals surface area contributed by atoms with Gasteiger partial charge in [-0.1, -0.05) is 18.2 Å². The van der Waals surface area contributed by atoms with E-state index in [0.29, 0.717) is 5.88 Å². The van der Waals surface area contributed by atoms with Crippen LogP contribution < -0.4 is 10.1 Å². The van der Waals surface area contributed by atoms with Crippen LogP contribution in [0.5, 0.6) is 5.75 Å². The number of allylic oxidation sites excluding steroid dienone is 1. The summed E-state index contributed by atoms with van der Waals surface area (Å²) < 4.78 is 5.10. The number of anilines is 1. The number of methoxy groups -OCH3 is 1. The molecule has 1 N–H and O–H groups in total. The zero-order valence-corrected chi connectivity index (χ0v) is 8.92. The van der Waals surface area contributed by atoms with E-state index in [2.05, 4.69) is 5.32 Å². The van der Waals surface area contributed by atoms with Gasteiger partial charge in [-0.25, -0.2) is 0 Å². The average molecular weight is 212 g/mol. The van der Waals surface area contributed by atoms with Gasteiger partial charge in [-0.3, -0.25) is 0 Å². The molecule has 2 nitrogen and oxygen atoms in total. The van der Waals surface area contributed by atoms with Crippen molar-refractivity contribution in [3.05, 3.63) is 36.4 Å².